The summed E-state index contributed by atoms with van der Waals surface area (Å²) in [6.07, 6.45) is 5.37. The van der Waals surface area contributed by atoms with Gasteiger partial charge in [0, 0.05) is 6.04 Å². The van der Waals surface area contributed by atoms with Gasteiger partial charge in [-0.05, 0) is 49.3 Å². The molecule has 2 atom stereocenters. The topological polar surface area (TPSA) is 12.0 Å². The van der Waals surface area contributed by atoms with Gasteiger partial charge in [-0.3, -0.25) is 0 Å². The quantitative estimate of drug-likeness (QED) is 0.827. The first-order chi connectivity index (χ1) is 8.20. The lowest BCUT2D eigenvalue weighted by Crippen LogP contribution is -2.30. The molecule has 1 aromatic carbocycles. The molecule has 0 bridgehead atoms. The zero-order valence-electron chi connectivity index (χ0n) is 11.4. The van der Waals surface area contributed by atoms with Gasteiger partial charge in [0.05, 0.1) is 0 Å². The van der Waals surface area contributed by atoms with Crippen molar-refractivity contribution in [2.45, 2.75) is 57.4 Å². The van der Waals surface area contributed by atoms with Crippen LogP contribution >= 0.6 is 0 Å². The molecule has 2 unspecified atom stereocenters. The number of benzene rings is 1. The highest BCUT2D eigenvalue weighted by atomic mass is 14.9. The lowest BCUT2D eigenvalue weighted by Gasteiger charge is -2.29. The molecule has 2 rings (SSSR count). The second kappa shape index (κ2) is 5.68. The third-order valence-corrected chi connectivity index (χ3v) is 4.16. The summed E-state index contributed by atoms with van der Waals surface area (Å²) in [6.45, 7) is 4.51. The standard InChI is InChI=1S/C16H25N/c1-12(2)13-7-9-14(10-8-13)15-5-4-6-16(11-15)17-3/h7-10,12,15-17H,4-6,11H2,1-3H3. The molecule has 0 radical (unpaired) electrons. The molecule has 1 heteroatoms. The Morgan fingerprint density at radius 2 is 1.82 bits per heavy atom. The highest BCUT2D eigenvalue weighted by Crippen LogP contribution is 2.33. The van der Waals surface area contributed by atoms with Crippen molar-refractivity contribution in [1.29, 1.82) is 0 Å². The van der Waals surface area contributed by atoms with Crippen molar-refractivity contribution in [3.63, 3.8) is 0 Å². The van der Waals surface area contributed by atoms with Gasteiger partial charge in [-0.1, -0.05) is 44.5 Å². The predicted octanol–water partition coefficient (Wildman–Crippen LogP) is 4.06. The molecular formula is C16H25N. The van der Waals surface area contributed by atoms with E-state index in [1.807, 2.05) is 0 Å². The summed E-state index contributed by atoms with van der Waals surface area (Å²) in [4.78, 5) is 0. The minimum atomic E-state index is 0.639. The minimum Gasteiger partial charge on any atom is -0.317 e. The van der Waals surface area contributed by atoms with Crippen molar-refractivity contribution in [2.24, 2.45) is 0 Å². The fourth-order valence-electron chi connectivity index (χ4n) is 2.91. The third kappa shape index (κ3) is 3.10. The van der Waals surface area contributed by atoms with E-state index >= 15 is 0 Å². The van der Waals surface area contributed by atoms with Gasteiger partial charge in [0.25, 0.3) is 0 Å². The highest BCUT2D eigenvalue weighted by Gasteiger charge is 2.21. The second-order valence-corrected chi connectivity index (χ2v) is 5.67. The van der Waals surface area contributed by atoms with Crippen LogP contribution in [0.25, 0.3) is 0 Å². The molecule has 1 aliphatic rings. The summed E-state index contributed by atoms with van der Waals surface area (Å²) >= 11 is 0. The van der Waals surface area contributed by atoms with E-state index in [1.54, 1.807) is 0 Å². The van der Waals surface area contributed by atoms with E-state index in [-0.39, 0.29) is 0 Å². The minimum absolute atomic E-state index is 0.639. The zero-order valence-corrected chi connectivity index (χ0v) is 11.4. The van der Waals surface area contributed by atoms with Gasteiger partial charge in [-0.2, -0.15) is 0 Å². The van der Waals surface area contributed by atoms with E-state index in [0.717, 1.165) is 12.0 Å². The average Bonchev–Trinajstić information content (AvgIpc) is 2.39. The molecule has 1 fully saturated rings. The van der Waals surface area contributed by atoms with Crippen molar-refractivity contribution in [3.8, 4) is 0 Å². The van der Waals surface area contributed by atoms with Gasteiger partial charge >= 0.3 is 0 Å². The molecule has 0 heterocycles. The summed E-state index contributed by atoms with van der Waals surface area (Å²) in [5.74, 6) is 1.41. The molecule has 0 aromatic heterocycles. The first kappa shape index (κ1) is 12.6. The van der Waals surface area contributed by atoms with Gasteiger partial charge in [-0.15, -0.1) is 0 Å². The Kier molecular flexibility index (Phi) is 4.22. The first-order valence-electron chi connectivity index (χ1n) is 6.98. The maximum atomic E-state index is 3.43. The maximum absolute atomic E-state index is 3.43. The molecule has 1 nitrogen and oxygen atoms in total. The van der Waals surface area contributed by atoms with Crippen LogP contribution < -0.4 is 5.32 Å². The molecule has 0 saturated heterocycles. The molecule has 1 saturated carbocycles. The van der Waals surface area contributed by atoms with Crippen LogP contribution in [0.15, 0.2) is 24.3 Å². The lowest BCUT2D eigenvalue weighted by atomic mass is 9.81. The van der Waals surface area contributed by atoms with Crippen LogP contribution in [0.3, 0.4) is 0 Å². The van der Waals surface area contributed by atoms with Gasteiger partial charge in [0.2, 0.25) is 0 Å². The van der Waals surface area contributed by atoms with Crippen LogP contribution in [-0.4, -0.2) is 13.1 Å². The Hall–Kier alpha value is -0.820. The van der Waals surface area contributed by atoms with Gasteiger partial charge < -0.3 is 5.32 Å². The summed E-state index contributed by atoms with van der Waals surface area (Å²) < 4.78 is 0. The van der Waals surface area contributed by atoms with Crippen LogP contribution in [0.5, 0.6) is 0 Å². The Labute approximate surface area is 106 Å². The smallest absolute Gasteiger partial charge is 0.00698 e. The maximum Gasteiger partial charge on any atom is 0.00698 e. The fourth-order valence-corrected chi connectivity index (χ4v) is 2.91. The zero-order chi connectivity index (χ0) is 12.3. The first-order valence-corrected chi connectivity index (χ1v) is 6.98. The molecular weight excluding hydrogens is 206 g/mol. The second-order valence-electron chi connectivity index (χ2n) is 5.67. The Morgan fingerprint density at radius 1 is 1.12 bits per heavy atom. The molecule has 0 spiro atoms. The highest BCUT2D eigenvalue weighted by molar-refractivity contribution is 5.27. The average molecular weight is 231 g/mol. The molecule has 0 amide bonds. The molecule has 1 aliphatic carbocycles. The summed E-state index contributed by atoms with van der Waals surface area (Å²) in [5, 5.41) is 3.43. The molecule has 94 valence electrons. The van der Waals surface area contributed by atoms with E-state index < -0.39 is 0 Å². The fraction of sp³-hybridized carbons (Fsp3) is 0.625. The lowest BCUT2D eigenvalue weighted by molar-refractivity contribution is 0.355. The Balaban J connectivity index is 2.06. The molecule has 1 N–H and O–H groups in total. The van der Waals surface area contributed by atoms with E-state index in [2.05, 4.69) is 50.5 Å². The van der Waals surface area contributed by atoms with E-state index in [0.29, 0.717) is 5.92 Å². The summed E-state index contributed by atoms with van der Waals surface area (Å²) in [6, 6.07) is 10.0. The van der Waals surface area contributed by atoms with E-state index in [4.69, 9.17) is 0 Å². The Morgan fingerprint density at radius 3 is 2.41 bits per heavy atom. The molecule has 1 aromatic rings. The molecule has 0 aliphatic heterocycles. The van der Waals surface area contributed by atoms with Crippen molar-refractivity contribution in [3.05, 3.63) is 35.4 Å². The van der Waals surface area contributed by atoms with Gasteiger partial charge in [0.15, 0.2) is 0 Å². The monoisotopic (exact) mass is 231 g/mol. The number of hydrogen-bond acceptors (Lipinski definition) is 1. The molecule has 17 heavy (non-hydrogen) atoms. The number of rotatable bonds is 3. The SMILES string of the molecule is CNC1CCCC(c2ccc(C(C)C)cc2)C1. The largest absolute Gasteiger partial charge is 0.317 e. The number of hydrogen-bond donors (Lipinski definition) is 1. The van der Waals surface area contributed by atoms with Crippen molar-refractivity contribution in [2.75, 3.05) is 7.05 Å². The van der Waals surface area contributed by atoms with Gasteiger partial charge in [-0.25, -0.2) is 0 Å². The Bertz CT molecular complexity index is 339. The van der Waals surface area contributed by atoms with E-state index in [1.165, 1.54) is 36.8 Å². The number of nitrogens with one attached hydrogen (secondary N) is 1. The summed E-state index contributed by atoms with van der Waals surface area (Å²) in [7, 11) is 2.09. The normalized spacial score (nSPS) is 25.2. The van der Waals surface area contributed by atoms with E-state index in [9.17, 15) is 0 Å². The van der Waals surface area contributed by atoms with Crippen molar-refractivity contribution in [1.82, 2.24) is 5.32 Å². The third-order valence-electron chi connectivity index (χ3n) is 4.16. The predicted molar refractivity (Wildman–Crippen MR) is 74.6 cm³/mol. The van der Waals surface area contributed by atoms with Crippen LogP contribution in [0, 0.1) is 0 Å². The van der Waals surface area contributed by atoms with Crippen molar-refractivity contribution >= 4 is 0 Å². The van der Waals surface area contributed by atoms with Crippen molar-refractivity contribution < 1.29 is 0 Å². The van der Waals surface area contributed by atoms with Gasteiger partial charge in [0.1, 0.15) is 0 Å². The van der Waals surface area contributed by atoms with Crippen LogP contribution in [0.2, 0.25) is 0 Å². The van der Waals surface area contributed by atoms with Crippen LogP contribution in [-0.2, 0) is 0 Å². The van der Waals surface area contributed by atoms with Crippen LogP contribution in [0.1, 0.15) is 62.5 Å². The summed E-state index contributed by atoms with van der Waals surface area (Å²) in [5.41, 5.74) is 2.99. The van der Waals surface area contributed by atoms with Crippen LogP contribution in [0.4, 0.5) is 0 Å².